The molecular weight excluding hydrogens is 283 g/mol. The molecule has 0 atom stereocenters. The Labute approximate surface area is 110 Å². The van der Waals surface area contributed by atoms with E-state index >= 15 is 0 Å². The number of hydrogen-bond acceptors (Lipinski definition) is 5. The van der Waals surface area contributed by atoms with Crippen molar-refractivity contribution in [3.8, 4) is 10.9 Å². The summed E-state index contributed by atoms with van der Waals surface area (Å²) in [6.45, 7) is 1.50. The minimum atomic E-state index is -0.821. The minimum Gasteiger partial charge on any atom is -0.428 e. The smallest absolute Gasteiger partial charge is 0.280 e. The molecule has 0 aliphatic heterocycles. The van der Waals surface area contributed by atoms with Crippen molar-refractivity contribution in [3.63, 3.8) is 0 Å². The second-order valence-electron chi connectivity index (χ2n) is 3.36. The first-order chi connectivity index (χ1) is 8.47. The van der Waals surface area contributed by atoms with Crippen LogP contribution in [-0.4, -0.2) is 9.91 Å². The van der Waals surface area contributed by atoms with E-state index in [0.717, 1.165) is 17.4 Å². The fourth-order valence-corrected chi connectivity index (χ4v) is 2.10. The fourth-order valence-electron chi connectivity index (χ4n) is 1.30. The van der Waals surface area contributed by atoms with Crippen molar-refractivity contribution >= 4 is 28.6 Å². The van der Waals surface area contributed by atoms with E-state index < -0.39 is 10.7 Å². The highest BCUT2D eigenvalue weighted by Gasteiger charge is 2.17. The molecule has 0 bridgehead atoms. The molecule has 0 fully saturated rings. The van der Waals surface area contributed by atoms with Gasteiger partial charge in [0.1, 0.15) is 5.15 Å². The molecule has 2 aromatic rings. The number of nitro benzene ring substituents is 1. The molecule has 0 aliphatic rings. The van der Waals surface area contributed by atoms with Gasteiger partial charge in [0.25, 0.3) is 10.9 Å². The summed E-state index contributed by atoms with van der Waals surface area (Å²) in [5, 5.41) is 12.6. The fraction of sp³-hybridized carbons (Fsp3) is 0.100. The zero-order valence-electron chi connectivity index (χ0n) is 9.02. The zero-order valence-corrected chi connectivity index (χ0v) is 10.6. The van der Waals surface area contributed by atoms with Gasteiger partial charge in [0.15, 0.2) is 11.6 Å². The Morgan fingerprint density at radius 2 is 2.28 bits per heavy atom. The topological polar surface area (TPSA) is 65.3 Å². The standard InChI is InChI=1S/C10H6ClFN2O3S/c1-5-2-8(6(12)3-7(5)14(15)16)17-10-13-9(11)4-18-10/h2-4H,1H3. The second-order valence-corrected chi connectivity index (χ2v) is 4.57. The lowest BCUT2D eigenvalue weighted by atomic mass is 10.2. The first kappa shape index (κ1) is 12.7. The highest BCUT2D eigenvalue weighted by atomic mass is 35.5. The number of hydrogen-bond donors (Lipinski definition) is 0. The Kier molecular flexibility index (Phi) is 3.44. The first-order valence-electron chi connectivity index (χ1n) is 4.71. The van der Waals surface area contributed by atoms with Gasteiger partial charge in [0.05, 0.1) is 11.0 Å². The van der Waals surface area contributed by atoms with Crippen molar-refractivity contribution in [3.05, 3.63) is 44.2 Å². The Balaban J connectivity index is 2.35. The van der Waals surface area contributed by atoms with Gasteiger partial charge in [0, 0.05) is 10.9 Å². The third-order valence-electron chi connectivity index (χ3n) is 2.10. The minimum absolute atomic E-state index is 0.121. The molecule has 1 aromatic carbocycles. The zero-order chi connectivity index (χ0) is 13.3. The molecule has 94 valence electrons. The lowest BCUT2D eigenvalue weighted by Crippen LogP contribution is -1.95. The number of ether oxygens (including phenoxy) is 1. The van der Waals surface area contributed by atoms with Gasteiger partial charge in [-0.15, -0.1) is 0 Å². The molecule has 1 heterocycles. The predicted molar refractivity (Wildman–Crippen MR) is 65.0 cm³/mol. The van der Waals surface area contributed by atoms with Crippen LogP contribution in [0.15, 0.2) is 17.5 Å². The molecule has 18 heavy (non-hydrogen) atoms. The maximum Gasteiger partial charge on any atom is 0.280 e. The molecule has 0 radical (unpaired) electrons. The Hall–Kier alpha value is -1.73. The Morgan fingerprint density at radius 3 is 2.83 bits per heavy atom. The molecule has 8 heteroatoms. The molecule has 0 saturated heterocycles. The molecule has 0 spiro atoms. The van der Waals surface area contributed by atoms with E-state index in [0.29, 0.717) is 5.56 Å². The van der Waals surface area contributed by atoms with Crippen LogP contribution in [0.2, 0.25) is 5.15 Å². The van der Waals surface area contributed by atoms with Crippen molar-refractivity contribution in [2.75, 3.05) is 0 Å². The maximum atomic E-state index is 13.6. The number of halogens is 2. The normalized spacial score (nSPS) is 10.4. The van der Waals surface area contributed by atoms with Crippen molar-refractivity contribution < 1.29 is 14.1 Å². The lowest BCUT2D eigenvalue weighted by molar-refractivity contribution is -0.385. The van der Waals surface area contributed by atoms with Crippen molar-refractivity contribution in [2.45, 2.75) is 6.92 Å². The summed E-state index contributed by atoms with van der Waals surface area (Å²) in [7, 11) is 0. The first-order valence-corrected chi connectivity index (χ1v) is 5.96. The summed E-state index contributed by atoms with van der Waals surface area (Å²) in [6.07, 6.45) is 0. The van der Waals surface area contributed by atoms with Gasteiger partial charge in [-0.1, -0.05) is 22.9 Å². The Bertz CT molecular complexity index is 617. The van der Waals surface area contributed by atoms with Gasteiger partial charge in [0.2, 0.25) is 0 Å². The average molecular weight is 289 g/mol. The van der Waals surface area contributed by atoms with E-state index in [1.54, 1.807) is 0 Å². The van der Waals surface area contributed by atoms with Gasteiger partial charge in [-0.3, -0.25) is 10.1 Å². The van der Waals surface area contributed by atoms with Crippen LogP contribution in [0.4, 0.5) is 10.1 Å². The summed E-state index contributed by atoms with van der Waals surface area (Å²) in [6, 6.07) is 2.07. The second kappa shape index (κ2) is 4.87. The van der Waals surface area contributed by atoms with Crippen LogP contribution in [0.5, 0.6) is 10.9 Å². The molecule has 1 aromatic heterocycles. The molecule has 0 amide bonds. The molecule has 5 nitrogen and oxygen atoms in total. The molecule has 0 aliphatic carbocycles. The van der Waals surface area contributed by atoms with E-state index in [4.69, 9.17) is 16.3 Å². The van der Waals surface area contributed by atoms with Crippen LogP contribution in [0.1, 0.15) is 5.56 Å². The number of nitro groups is 1. The molecule has 2 rings (SSSR count). The SMILES string of the molecule is Cc1cc(Oc2nc(Cl)cs2)c(F)cc1[N+](=O)[O-]. The van der Waals surface area contributed by atoms with E-state index in [1.165, 1.54) is 18.4 Å². The van der Waals surface area contributed by atoms with Crippen LogP contribution in [-0.2, 0) is 0 Å². The summed E-state index contributed by atoms with van der Waals surface area (Å²) in [4.78, 5) is 13.8. The van der Waals surface area contributed by atoms with Crippen LogP contribution < -0.4 is 4.74 Å². The molecule has 0 unspecified atom stereocenters. The summed E-state index contributed by atoms with van der Waals surface area (Å²) in [5.41, 5.74) is 0.0103. The number of benzene rings is 1. The maximum absolute atomic E-state index is 13.6. The van der Waals surface area contributed by atoms with E-state index in [-0.39, 0.29) is 21.8 Å². The van der Waals surface area contributed by atoms with Gasteiger partial charge in [-0.05, 0) is 13.0 Å². The van der Waals surface area contributed by atoms with Crippen molar-refractivity contribution in [1.82, 2.24) is 4.98 Å². The van der Waals surface area contributed by atoms with Crippen LogP contribution in [0.25, 0.3) is 0 Å². The van der Waals surface area contributed by atoms with Gasteiger partial charge in [-0.25, -0.2) is 4.39 Å². The largest absolute Gasteiger partial charge is 0.428 e. The third-order valence-corrected chi connectivity index (χ3v) is 3.14. The summed E-state index contributed by atoms with van der Waals surface area (Å²) < 4.78 is 18.8. The third kappa shape index (κ3) is 2.57. The van der Waals surface area contributed by atoms with Gasteiger partial charge >= 0.3 is 0 Å². The predicted octanol–water partition coefficient (Wildman–Crippen LogP) is 3.94. The molecule has 0 N–H and O–H groups in total. The van der Waals surface area contributed by atoms with Gasteiger partial charge in [-0.2, -0.15) is 4.98 Å². The quantitative estimate of drug-likeness (QED) is 0.634. The van der Waals surface area contributed by atoms with E-state index in [9.17, 15) is 14.5 Å². The average Bonchev–Trinajstić information content (AvgIpc) is 2.68. The van der Waals surface area contributed by atoms with Gasteiger partial charge < -0.3 is 4.74 Å². The highest BCUT2D eigenvalue weighted by molar-refractivity contribution is 7.11. The van der Waals surface area contributed by atoms with E-state index in [1.807, 2.05) is 0 Å². The number of rotatable bonds is 3. The summed E-state index contributed by atoms with van der Waals surface area (Å²) >= 11 is 6.70. The molecule has 0 saturated carbocycles. The lowest BCUT2D eigenvalue weighted by Gasteiger charge is -2.04. The van der Waals surface area contributed by atoms with Crippen LogP contribution >= 0.6 is 22.9 Å². The van der Waals surface area contributed by atoms with Crippen molar-refractivity contribution in [1.29, 1.82) is 0 Å². The van der Waals surface area contributed by atoms with Crippen LogP contribution in [0, 0.1) is 22.9 Å². The molecular formula is C10H6ClFN2O3S. The number of aromatic nitrogens is 1. The Morgan fingerprint density at radius 1 is 1.56 bits per heavy atom. The van der Waals surface area contributed by atoms with Crippen molar-refractivity contribution in [2.24, 2.45) is 0 Å². The number of thiazole rings is 1. The van der Waals surface area contributed by atoms with Crippen LogP contribution in [0.3, 0.4) is 0 Å². The monoisotopic (exact) mass is 288 g/mol. The van der Waals surface area contributed by atoms with E-state index in [2.05, 4.69) is 4.98 Å². The number of nitrogens with zero attached hydrogens (tertiary/aromatic N) is 2. The summed E-state index contributed by atoms with van der Waals surface area (Å²) in [5.74, 6) is -0.942. The highest BCUT2D eigenvalue weighted by Crippen LogP contribution is 2.32. The number of aryl methyl sites for hydroxylation is 1.